The highest BCUT2D eigenvalue weighted by Crippen LogP contribution is 2.27. The van der Waals surface area contributed by atoms with Crippen molar-refractivity contribution in [3.8, 4) is 0 Å². The van der Waals surface area contributed by atoms with Crippen molar-refractivity contribution in [1.82, 2.24) is 14.8 Å². The minimum atomic E-state index is -2.69. The summed E-state index contributed by atoms with van der Waals surface area (Å²) in [5.74, 6) is -2.69. The number of hydrogen-bond donors (Lipinski definition) is 1. The van der Waals surface area contributed by atoms with Crippen LogP contribution in [0.2, 0.25) is 10.0 Å². The molecule has 0 aliphatic heterocycles. The van der Waals surface area contributed by atoms with E-state index in [0.717, 1.165) is 12.7 Å². The molecule has 1 aromatic heterocycles. The zero-order valence-corrected chi connectivity index (χ0v) is 10.0. The number of benzene rings is 1. The van der Waals surface area contributed by atoms with Gasteiger partial charge in [-0.2, -0.15) is 14.2 Å². The first-order chi connectivity index (χ1) is 7.99. The van der Waals surface area contributed by atoms with Crippen LogP contribution >= 0.6 is 23.2 Å². The molecule has 0 spiro atoms. The number of alkyl halides is 1. The highest BCUT2D eigenvalue weighted by atomic mass is 35.5. The summed E-state index contributed by atoms with van der Waals surface area (Å²) < 4.78 is 14.7. The van der Waals surface area contributed by atoms with Gasteiger partial charge in [-0.05, 0) is 23.8 Å². The van der Waals surface area contributed by atoms with Gasteiger partial charge in [0.25, 0.3) is 0 Å². The van der Waals surface area contributed by atoms with Gasteiger partial charge < -0.3 is 5.11 Å². The third kappa shape index (κ3) is 2.74. The topological polar surface area (TPSA) is 50.9 Å². The fourth-order valence-corrected chi connectivity index (χ4v) is 1.77. The van der Waals surface area contributed by atoms with Crippen molar-refractivity contribution in [2.45, 2.75) is 12.4 Å². The predicted octanol–water partition coefficient (Wildman–Crippen LogP) is 2.40. The zero-order valence-electron chi connectivity index (χ0n) is 8.52. The van der Waals surface area contributed by atoms with E-state index >= 15 is 0 Å². The summed E-state index contributed by atoms with van der Waals surface area (Å²) in [6.07, 6.45) is 1.85. The van der Waals surface area contributed by atoms with Crippen molar-refractivity contribution < 1.29 is 9.50 Å². The average molecular weight is 276 g/mol. The van der Waals surface area contributed by atoms with Gasteiger partial charge in [-0.1, -0.05) is 23.2 Å². The number of hydrogen-bond acceptors (Lipinski definition) is 3. The van der Waals surface area contributed by atoms with Gasteiger partial charge >= 0.3 is 5.98 Å². The molecule has 0 aliphatic carbocycles. The maximum Gasteiger partial charge on any atom is 0.311 e. The molecule has 2 aromatic rings. The van der Waals surface area contributed by atoms with Gasteiger partial charge in [-0.3, -0.25) is 0 Å². The molecule has 0 saturated carbocycles. The Hall–Kier alpha value is -1.17. The minimum absolute atomic E-state index is 0.325. The normalized spacial score (nSPS) is 14.6. The van der Waals surface area contributed by atoms with Crippen LogP contribution in [-0.4, -0.2) is 19.9 Å². The van der Waals surface area contributed by atoms with Crippen molar-refractivity contribution in [3.05, 3.63) is 46.5 Å². The number of aliphatic hydroxyl groups is 1. The summed E-state index contributed by atoms with van der Waals surface area (Å²) in [7, 11) is 0. The van der Waals surface area contributed by atoms with Gasteiger partial charge in [0.05, 0.1) is 6.42 Å². The Kier molecular flexibility index (Phi) is 3.33. The molecule has 0 bridgehead atoms. The van der Waals surface area contributed by atoms with Gasteiger partial charge in [0, 0.05) is 10.0 Å². The summed E-state index contributed by atoms with van der Waals surface area (Å²) in [5, 5.41) is 13.9. The quantitative estimate of drug-likeness (QED) is 0.936. The molecule has 0 fully saturated rings. The van der Waals surface area contributed by atoms with Crippen LogP contribution in [0.3, 0.4) is 0 Å². The van der Waals surface area contributed by atoms with E-state index in [1.807, 2.05) is 0 Å². The van der Waals surface area contributed by atoms with Gasteiger partial charge in [-0.15, -0.1) is 0 Å². The lowest BCUT2D eigenvalue weighted by molar-refractivity contribution is -0.169. The average Bonchev–Trinajstić information content (AvgIpc) is 2.77. The van der Waals surface area contributed by atoms with Crippen LogP contribution in [-0.2, 0) is 12.4 Å². The lowest BCUT2D eigenvalue weighted by Gasteiger charge is -2.19. The lowest BCUT2D eigenvalue weighted by atomic mass is 10.1. The van der Waals surface area contributed by atoms with Crippen molar-refractivity contribution in [1.29, 1.82) is 0 Å². The maximum absolute atomic E-state index is 14.0. The molecular formula is C10H8Cl2FN3O. The van der Waals surface area contributed by atoms with Crippen molar-refractivity contribution >= 4 is 23.2 Å². The number of nitrogens with zero attached hydrogens (tertiary/aromatic N) is 3. The molecule has 7 heteroatoms. The second kappa shape index (κ2) is 4.60. The largest absolute Gasteiger partial charge is 0.344 e. The van der Waals surface area contributed by atoms with Crippen LogP contribution in [0, 0.1) is 0 Å². The molecule has 1 atom stereocenters. The Morgan fingerprint density at radius 2 is 2.18 bits per heavy atom. The smallest absolute Gasteiger partial charge is 0.311 e. The first-order valence-corrected chi connectivity index (χ1v) is 5.45. The zero-order chi connectivity index (χ0) is 12.5. The molecule has 0 radical (unpaired) electrons. The SMILES string of the molecule is OC(F)(Cc1cc(Cl)ccc1Cl)n1cncn1. The van der Waals surface area contributed by atoms with E-state index in [9.17, 15) is 9.50 Å². The first kappa shape index (κ1) is 12.3. The molecule has 0 aliphatic rings. The molecule has 4 nitrogen and oxygen atoms in total. The van der Waals surface area contributed by atoms with Crippen LogP contribution in [0.25, 0.3) is 0 Å². The fourth-order valence-electron chi connectivity index (χ4n) is 1.39. The van der Waals surface area contributed by atoms with Gasteiger partial charge in [-0.25, -0.2) is 4.98 Å². The van der Waals surface area contributed by atoms with E-state index in [0.29, 0.717) is 20.3 Å². The number of aromatic nitrogens is 3. The highest BCUT2D eigenvalue weighted by Gasteiger charge is 2.30. The van der Waals surface area contributed by atoms with Crippen molar-refractivity contribution in [2.75, 3.05) is 0 Å². The third-order valence-corrected chi connectivity index (χ3v) is 2.80. The molecule has 0 saturated heterocycles. The van der Waals surface area contributed by atoms with E-state index < -0.39 is 5.98 Å². The Balaban J connectivity index is 2.29. The van der Waals surface area contributed by atoms with Gasteiger partial charge in [0.15, 0.2) is 0 Å². The number of rotatable bonds is 3. The fraction of sp³-hybridized carbons (Fsp3) is 0.200. The number of halogens is 3. The molecule has 1 heterocycles. The second-order valence-corrected chi connectivity index (χ2v) is 4.32. The van der Waals surface area contributed by atoms with E-state index in [2.05, 4.69) is 10.1 Å². The van der Waals surface area contributed by atoms with E-state index in [1.54, 1.807) is 6.07 Å². The Bertz CT molecular complexity index is 516. The summed E-state index contributed by atoms with van der Waals surface area (Å²) in [4.78, 5) is 3.56. The van der Waals surface area contributed by atoms with Crippen molar-refractivity contribution in [3.63, 3.8) is 0 Å². The first-order valence-electron chi connectivity index (χ1n) is 4.69. The van der Waals surface area contributed by atoms with Crippen LogP contribution in [0.5, 0.6) is 0 Å². The molecule has 90 valence electrons. The maximum atomic E-state index is 14.0. The molecule has 1 N–H and O–H groups in total. The Labute approximate surface area is 107 Å². The third-order valence-electron chi connectivity index (χ3n) is 2.19. The predicted molar refractivity (Wildman–Crippen MR) is 61.5 cm³/mol. The van der Waals surface area contributed by atoms with Crippen LogP contribution in [0.15, 0.2) is 30.9 Å². The highest BCUT2D eigenvalue weighted by molar-refractivity contribution is 6.33. The lowest BCUT2D eigenvalue weighted by Crippen LogP contribution is -2.31. The standard InChI is InChI=1S/C10H8Cl2FN3O/c11-8-1-2-9(12)7(3-8)4-10(13,17)16-6-14-5-15-16/h1-3,5-6,17H,4H2. The van der Waals surface area contributed by atoms with Gasteiger partial charge in [0.1, 0.15) is 12.7 Å². The summed E-state index contributed by atoms with van der Waals surface area (Å²) in [6.45, 7) is 0. The summed E-state index contributed by atoms with van der Waals surface area (Å²) in [6, 6.07) is 4.61. The van der Waals surface area contributed by atoms with Crippen LogP contribution in [0.4, 0.5) is 4.39 Å². The van der Waals surface area contributed by atoms with Crippen LogP contribution in [0.1, 0.15) is 5.56 Å². The van der Waals surface area contributed by atoms with E-state index in [1.165, 1.54) is 12.1 Å². The molecule has 0 amide bonds. The Morgan fingerprint density at radius 1 is 1.41 bits per heavy atom. The summed E-state index contributed by atoms with van der Waals surface area (Å²) in [5.41, 5.74) is 0.389. The monoisotopic (exact) mass is 275 g/mol. The van der Waals surface area contributed by atoms with Gasteiger partial charge in [0.2, 0.25) is 0 Å². The second-order valence-electron chi connectivity index (χ2n) is 3.47. The Morgan fingerprint density at radius 3 is 2.82 bits per heavy atom. The van der Waals surface area contributed by atoms with E-state index in [4.69, 9.17) is 23.2 Å². The van der Waals surface area contributed by atoms with E-state index in [-0.39, 0.29) is 6.42 Å². The molecule has 1 unspecified atom stereocenters. The van der Waals surface area contributed by atoms with Crippen LogP contribution < -0.4 is 0 Å². The van der Waals surface area contributed by atoms with Crippen molar-refractivity contribution in [2.24, 2.45) is 0 Å². The summed E-state index contributed by atoms with van der Waals surface area (Å²) >= 11 is 11.7. The molecular weight excluding hydrogens is 268 g/mol. The molecule has 17 heavy (non-hydrogen) atoms. The minimum Gasteiger partial charge on any atom is -0.344 e. The molecule has 2 rings (SSSR count). The molecule has 1 aromatic carbocycles.